The van der Waals surface area contributed by atoms with Crippen LogP contribution in [-0.4, -0.2) is 4.57 Å². The van der Waals surface area contributed by atoms with Crippen molar-refractivity contribution in [1.29, 1.82) is 0 Å². The fraction of sp³-hybridized carbons (Fsp3) is 0.276. The normalized spacial score (nSPS) is 12.1. The number of benzene rings is 3. The standard InChI is InChI=1S/C29H29F2N2O/c1-16(2)20-8-7-9-21(17(3)4)27(20)33-13-12-32(6)29(33)25-18(5)14-23(31)26-22-11-10-19(30)15-24(22)34-28(25)26/h7-17H,1-6H3/q+1. The fourth-order valence-electron chi connectivity index (χ4n) is 5.02. The van der Waals surface area contributed by atoms with Crippen molar-refractivity contribution >= 4 is 21.9 Å². The molecule has 0 spiro atoms. The van der Waals surface area contributed by atoms with Gasteiger partial charge in [-0.15, -0.1) is 0 Å². The molecule has 0 bridgehead atoms. The van der Waals surface area contributed by atoms with Gasteiger partial charge in [0.1, 0.15) is 40.9 Å². The molecule has 2 aromatic heterocycles. The average Bonchev–Trinajstić information content (AvgIpc) is 3.33. The zero-order valence-electron chi connectivity index (χ0n) is 20.4. The van der Waals surface area contributed by atoms with E-state index in [2.05, 4.69) is 56.7 Å². The summed E-state index contributed by atoms with van der Waals surface area (Å²) < 4.78 is 39.5. The summed E-state index contributed by atoms with van der Waals surface area (Å²) in [5.74, 6) is 0.743. The molecule has 0 aliphatic heterocycles. The van der Waals surface area contributed by atoms with Crippen LogP contribution in [0, 0.1) is 18.6 Å². The summed E-state index contributed by atoms with van der Waals surface area (Å²) in [5.41, 5.74) is 5.95. The number of hydrogen-bond acceptors (Lipinski definition) is 1. The summed E-state index contributed by atoms with van der Waals surface area (Å²) in [5, 5.41) is 0.950. The summed E-state index contributed by atoms with van der Waals surface area (Å²) >= 11 is 0. The quantitative estimate of drug-likeness (QED) is 0.252. The van der Waals surface area contributed by atoms with Crippen molar-refractivity contribution in [1.82, 2.24) is 4.57 Å². The van der Waals surface area contributed by atoms with Gasteiger partial charge in [0.2, 0.25) is 0 Å². The molecule has 0 amide bonds. The van der Waals surface area contributed by atoms with Crippen molar-refractivity contribution < 1.29 is 17.8 Å². The highest BCUT2D eigenvalue weighted by molar-refractivity contribution is 6.10. The van der Waals surface area contributed by atoms with E-state index in [0.717, 1.165) is 22.6 Å². The maximum atomic E-state index is 15.2. The Kier molecular flexibility index (Phi) is 5.31. The molecule has 0 N–H and O–H groups in total. The van der Waals surface area contributed by atoms with Crippen LogP contribution in [0.15, 0.2) is 59.3 Å². The zero-order chi connectivity index (χ0) is 24.3. The van der Waals surface area contributed by atoms with Crippen molar-refractivity contribution in [3.63, 3.8) is 0 Å². The molecule has 5 rings (SSSR count). The first-order valence-corrected chi connectivity index (χ1v) is 11.7. The van der Waals surface area contributed by atoms with E-state index in [1.54, 1.807) is 12.1 Å². The summed E-state index contributed by atoms with van der Waals surface area (Å²) in [6.45, 7) is 10.7. The second kappa shape index (κ2) is 8.08. The number of furan rings is 1. The van der Waals surface area contributed by atoms with Crippen LogP contribution in [0.3, 0.4) is 0 Å². The van der Waals surface area contributed by atoms with Crippen molar-refractivity contribution in [3.8, 4) is 17.1 Å². The number of para-hydroxylation sites is 1. The van der Waals surface area contributed by atoms with E-state index in [1.165, 1.54) is 23.3 Å². The van der Waals surface area contributed by atoms with Crippen LogP contribution in [0.25, 0.3) is 39.0 Å². The van der Waals surface area contributed by atoms with Gasteiger partial charge in [0.15, 0.2) is 5.58 Å². The molecule has 34 heavy (non-hydrogen) atoms. The number of fused-ring (bicyclic) bond motifs is 3. The smallest absolute Gasteiger partial charge is 0.297 e. The van der Waals surface area contributed by atoms with Crippen molar-refractivity contribution in [2.75, 3.05) is 0 Å². The van der Waals surface area contributed by atoms with Gasteiger partial charge in [-0.3, -0.25) is 0 Å². The van der Waals surface area contributed by atoms with Crippen LogP contribution >= 0.6 is 0 Å². The number of hydrogen-bond donors (Lipinski definition) is 0. The second-order valence-electron chi connectivity index (χ2n) is 9.69. The first kappa shape index (κ1) is 22.3. The van der Waals surface area contributed by atoms with Gasteiger partial charge >= 0.3 is 0 Å². The Morgan fingerprint density at radius 1 is 0.941 bits per heavy atom. The molecular formula is C29H29F2N2O+. The molecule has 3 aromatic carbocycles. The lowest BCUT2D eigenvalue weighted by molar-refractivity contribution is -0.659. The Morgan fingerprint density at radius 3 is 2.26 bits per heavy atom. The Labute approximate surface area is 198 Å². The molecular weight excluding hydrogens is 430 g/mol. The van der Waals surface area contributed by atoms with E-state index in [-0.39, 0.29) is 5.82 Å². The van der Waals surface area contributed by atoms with E-state index in [1.807, 2.05) is 24.7 Å². The Hall–Kier alpha value is -3.47. The minimum Gasteiger partial charge on any atom is -0.455 e. The third-order valence-corrected chi connectivity index (χ3v) is 6.66. The molecule has 0 saturated carbocycles. The van der Waals surface area contributed by atoms with E-state index >= 15 is 4.39 Å². The van der Waals surface area contributed by atoms with Gasteiger partial charge in [-0.25, -0.2) is 13.3 Å². The van der Waals surface area contributed by atoms with Gasteiger partial charge < -0.3 is 4.42 Å². The van der Waals surface area contributed by atoms with E-state index in [0.29, 0.717) is 33.8 Å². The van der Waals surface area contributed by atoms with Crippen LogP contribution in [0.5, 0.6) is 0 Å². The van der Waals surface area contributed by atoms with E-state index in [4.69, 9.17) is 4.42 Å². The summed E-state index contributed by atoms with van der Waals surface area (Å²) in [7, 11) is 1.98. The number of imidazole rings is 1. The predicted molar refractivity (Wildman–Crippen MR) is 132 cm³/mol. The minimum absolute atomic E-state index is 0.317. The first-order valence-electron chi connectivity index (χ1n) is 11.7. The molecule has 0 fully saturated rings. The third kappa shape index (κ3) is 3.33. The predicted octanol–water partition coefficient (Wildman–Crippen LogP) is 7.70. The van der Waals surface area contributed by atoms with Gasteiger partial charge in [0.05, 0.1) is 12.4 Å². The number of halogens is 2. The molecule has 0 radical (unpaired) electrons. The van der Waals surface area contributed by atoms with E-state index < -0.39 is 5.82 Å². The van der Waals surface area contributed by atoms with Gasteiger partial charge in [-0.2, -0.15) is 4.57 Å². The topological polar surface area (TPSA) is 21.9 Å². The monoisotopic (exact) mass is 459 g/mol. The Balaban J connectivity index is 1.91. The lowest BCUT2D eigenvalue weighted by Crippen LogP contribution is -2.29. The summed E-state index contributed by atoms with van der Waals surface area (Å²) in [4.78, 5) is 0. The minimum atomic E-state index is -0.411. The van der Waals surface area contributed by atoms with Gasteiger partial charge in [-0.1, -0.05) is 45.9 Å². The van der Waals surface area contributed by atoms with Crippen LogP contribution in [0.4, 0.5) is 8.78 Å². The van der Waals surface area contributed by atoms with Crippen molar-refractivity contribution in [2.24, 2.45) is 7.05 Å². The lowest BCUT2D eigenvalue weighted by atomic mass is 9.92. The highest BCUT2D eigenvalue weighted by Crippen LogP contribution is 2.41. The second-order valence-corrected chi connectivity index (χ2v) is 9.69. The maximum Gasteiger partial charge on any atom is 0.297 e. The summed E-state index contributed by atoms with van der Waals surface area (Å²) in [6, 6.07) is 12.3. The Bertz CT molecular complexity index is 1530. The molecule has 3 nitrogen and oxygen atoms in total. The van der Waals surface area contributed by atoms with Gasteiger partial charge in [0.25, 0.3) is 5.82 Å². The number of aryl methyl sites for hydroxylation is 2. The molecule has 5 heteroatoms. The van der Waals surface area contributed by atoms with Crippen molar-refractivity contribution in [2.45, 2.75) is 46.5 Å². The van der Waals surface area contributed by atoms with Crippen LogP contribution < -0.4 is 4.57 Å². The molecule has 5 aromatic rings. The van der Waals surface area contributed by atoms with Crippen LogP contribution in [-0.2, 0) is 7.05 Å². The SMILES string of the molecule is Cc1cc(F)c2c(oc3cc(F)ccc32)c1-c1n(-c2c(C(C)C)cccc2C(C)C)cc[n+]1C. The largest absolute Gasteiger partial charge is 0.455 e. The average molecular weight is 460 g/mol. The number of nitrogens with zero attached hydrogens (tertiary/aromatic N) is 2. The third-order valence-electron chi connectivity index (χ3n) is 6.66. The van der Waals surface area contributed by atoms with Gasteiger partial charge in [0, 0.05) is 22.6 Å². The number of aromatic nitrogens is 2. The molecule has 2 heterocycles. The lowest BCUT2D eigenvalue weighted by Gasteiger charge is -2.18. The Morgan fingerprint density at radius 2 is 1.62 bits per heavy atom. The van der Waals surface area contributed by atoms with E-state index in [9.17, 15) is 4.39 Å². The van der Waals surface area contributed by atoms with Crippen molar-refractivity contribution in [3.05, 3.63) is 83.2 Å². The van der Waals surface area contributed by atoms with Crippen LogP contribution in [0.1, 0.15) is 56.2 Å². The number of rotatable bonds is 4. The molecule has 0 aliphatic rings. The molecule has 0 atom stereocenters. The fourth-order valence-corrected chi connectivity index (χ4v) is 5.02. The highest BCUT2D eigenvalue weighted by Gasteiger charge is 2.30. The molecule has 0 saturated heterocycles. The van der Waals surface area contributed by atoms with Crippen LogP contribution in [0.2, 0.25) is 0 Å². The first-order chi connectivity index (χ1) is 16.2. The summed E-state index contributed by atoms with van der Waals surface area (Å²) in [6.07, 6.45) is 4.06. The molecule has 0 unspecified atom stereocenters. The maximum absolute atomic E-state index is 15.2. The van der Waals surface area contributed by atoms with Gasteiger partial charge in [-0.05, 0) is 42.5 Å². The molecule has 0 aliphatic carbocycles. The highest BCUT2D eigenvalue weighted by atomic mass is 19.1. The zero-order valence-corrected chi connectivity index (χ0v) is 20.4. The molecule has 174 valence electrons.